The molecule has 1 N–H and O–H groups in total. The van der Waals surface area contributed by atoms with Crippen molar-refractivity contribution >= 4 is 23.5 Å². The summed E-state index contributed by atoms with van der Waals surface area (Å²) in [6.07, 6.45) is -1.10. The van der Waals surface area contributed by atoms with Crippen LogP contribution in [0.4, 0.5) is 0 Å². The Balaban J connectivity index is 2.18. The lowest BCUT2D eigenvalue weighted by Gasteiger charge is -2.28. The predicted octanol–water partition coefficient (Wildman–Crippen LogP) is 3.43. The van der Waals surface area contributed by atoms with E-state index in [9.17, 15) is 14.9 Å². The fraction of sp³-hybridized carbons (Fsp3) is 0.400. The van der Waals surface area contributed by atoms with Crippen LogP contribution in [0.15, 0.2) is 30.3 Å². The zero-order chi connectivity index (χ0) is 21.1. The molecule has 1 heterocycles. The zero-order valence-corrected chi connectivity index (χ0v) is 17.2. The van der Waals surface area contributed by atoms with E-state index in [2.05, 4.69) is 16.5 Å². The first kappa shape index (κ1) is 21.5. The molecule has 0 aliphatic carbocycles. The number of hydrogen-bond acceptors (Lipinski definition) is 5. The Labute approximate surface area is 169 Å². The van der Waals surface area contributed by atoms with E-state index in [-0.39, 0.29) is 16.6 Å². The number of nitrogens with one attached hydrogen (secondary N) is 1. The third kappa shape index (κ3) is 4.34. The summed E-state index contributed by atoms with van der Waals surface area (Å²) in [5, 5.41) is 16.3. The first-order valence-electron chi connectivity index (χ1n) is 8.85. The standard InChI is InChI=1S/C20H23ClN4O3/c1-12(2)20(5,11-22)23-18(26)14(4)28-19(27)16-13(3)24-25(17(16)21)15-9-7-6-8-10-15/h6-10,12,14H,1-5H3,(H,23,26)/t14-,20+/m0/s1. The third-order valence-electron chi connectivity index (χ3n) is 4.63. The van der Waals surface area contributed by atoms with Crippen molar-refractivity contribution in [2.24, 2.45) is 5.92 Å². The molecule has 0 saturated carbocycles. The van der Waals surface area contributed by atoms with E-state index in [0.717, 1.165) is 0 Å². The highest BCUT2D eigenvalue weighted by Gasteiger charge is 2.33. The van der Waals surface area contributed by atoms with E-state index >= 15 is 0 Å². The number of carbonyl (C=O) groups is 2. The Morgan fingerprint density at radius 3 is 2.43 bits per heavy atom. The first-order valence-corrected chi connectivity index (χ1v) is 9.23. The van der Waals surface area contributed by atoms with Gasteiger partial charge in [-0.25, -0.2) is 9.48 Å². The molecule has 0 bridgehead atoms. The van der Waals surface area contributed by atoms with Crippen LogP contribution in [-0.4, -0.2) is 33.3 Å². The number of nitriles is 1. The Bertz CT molecular complexity index is 918. The number of ether oxygens (including phenoxy) is 1. The minimum absolute atomic E-state index is 0.0945. The van der Waals surface area contributed by atoms with Gasteiger partial charge in [-0.05, 0) is 38.8 Å². The van der Waals surface area contributed by atoms with Crippen molar-refractivity contribution in [2.75, 3.05) is 0 Å². The van der Waals surface area contributed by atoms with Crippen molar-refractivity contribution in [3.63, 3.8) is 0 Å². The van der Waals surface area contributed by atoms with Crippen LogP contribution >= 0.6 is 11.6 Å². The molecule has 0 saturated heterocycles. The van der Waals surface area contributed by atoms with Crippen LogP contribution in [0.3, 0.4) is 0 Å². The van der Waals surface area contributed by atoms with Gasteiger partial charge in [0.05, 0.1) is 17.5 Å². The highest BCUT2D eigenvalue weighted by atomic mass is 35.5. The summed E-state index contributed by atoms with van der Waals surface area (Å²) in [6.45, 7) is 8.34. The van der Waals surface area contributed by atoms with Crippen LogP contribution in [0.5, 0.6) is 0 Å². The molecule has 1 aromatic carbocycles. The van der Waals surface area contributed by atoms with Gasteiger partial charge in [0.15, 0.2) is 6.10 Å². The van der Waals surface area contributed by atoms with Crippen LogP contribution in [0.2, 0.25) is 5.15 Å². The normalized spacial score (nSPS) is 14.1. The Morgan fingerprint density at radius 1 is 1.29 bits per heavy atom. The fourth-order valence-electron chi connectivity index (χ4n) is 2.40. The van der Waals surface area contributed by atoms with Crippen LogP contribution < -0.4 is 5.32 Å². The lowest BCUT2D eigenvalue weighted by Crippen LogP contribution is -2.52. The number of nitrogens with zero attached hydrogens (tertiary/aromatic N) is 3. The number of amides is 1. The molecule has 0 radical (unpaired) electrons. The summed E-state index contributed by atoms with van der Waals surface area (Å²) < 4.78 is 6.72. The molecule has 8 heteroatoms. The van der Waals surface area contributed by atoms with Crippen molar-refractivity contribution < 1.29 is 14.3 Å². The van der Waals surface area contributed by atoms with Crippen molar-refractivity contribution in [1.82, 2.24) is 15.1 Å². The quantitative estimate of drug-likeness (QED) is 0.746. The molecule has 0 fully saturated rings. The molecule has 0 unspecified atom stereocenters. The van der Waals surface area contributed by atoms with E-state index in [1.165, 1.54) is 11.6 Å². The number of carbonyl (C=O) groups excluding carboxylic acids is 2. The van der Waals surface area contributed by atoms with Gasteiger partial charge in [0.2, 0.25) is 0 Å². The lowest BCUT2D eigenvalue weighted by molar-refractivity contribution is -0.130. The number of esters is 1. The summed E-state index contributed by atoms with van der Waals surface area (Å²) in [5.41, 5.74) is 0.110. The third-order valence-corrected chi connectivity index (χ3v) is 4.98. The monoisotopic (exact) mass is 402 g/mol. The van der Waals surface area contributed by atoms with Crippen LogP contribution in [0, 0.1) is 24.2 Å². The minimum atomic E-state index is -1.10. The Kier molecular flexibility index (Phi) is 6.47. The van der Waals surface area contributed by atoms with Crippen LogP contribution in [-0.2, 0) is 9.53 Å². The second-order valence-corrected chi connectivity index (χ2v) is 7.36. The molecule has 2 atom stereocenters. The van der Waals surface area contributed by atoms with Gasteiger partial charge in [0.25, 0.3) is 5.91 Å². The molecule has 0 spiro atoms. The van der Waals surface area contributed by atoms with E-state index in [0.29, 0.717) is 11.4 Å². The molecule has 0 aliphatic rings. The van der Waals surface area contributed by atoms with E-state index < -0.39 is 23.5 Å². The number of aryl methyl sites for hydroxylation is 1. The van der Waals surface area contributed by atoms with Gasteiger partial charge in [-0.2, -0.15) is 10.4 Å². The van der Waals surface area contributed by atoms with Gasteiger partial charge >= 0.3 is 5.97 Å². The predicted molar refractivity (Wildman–Crippen MR) is 105 cm³/mol. The molecule has 148 valence electrons. The molecule has 0 aliphatic heterocycles. The fourth-order valence-corrected chi connectivity index (χ4v) is 2.75. The number of para-hydroxylation sites is 1. The van der Waals surface area contributed by atoms with E-state index in [4.69, 9.17) is 16.3 Å². The SMILES string of the molecule is Cc1nn(-c2ccccc2)c(Cl)c1C(=O)O[C@@H](C)C(=O)N[C@](C)(C#N)C(C)C. The number of benzene rings is 1. The second-order valence-electron chi connectivity index (χ2n) is 7.00. The number of aromatic nitrogens is 2. The van der Waals surface area contributed by atoms with Crippen molar-refractivity contribution in [2.45, 2.75) is 46.3 Å². The first-order chi connectivity index (χ1) is 13.1. The zero-order valence-electron chi connectivity index (χ0n) is 16.5. The van der Waals surface area contributed by atoms with Crippen molar-refractivity contribution in [3.8, 4) is 11.8 Å². The second kappa shape index (κ2) is 8.44. The Morgan fingerprint density at radius 2 is 1.89 bits per heavy atom. The van der Waals surface area contributed by atoms with Crippen molar-refractivity contribution in [1.29, 1.82) is 5.26 Å². The topological polar surface area (TPSA) is 97.0 Å². The number of halogens is 1. The van der Waals surface area contributed by atoms with E-state index in [1.54, 1.807) is 26.0 Å². The van der Waals surface area contributed by atoms with Crippen LogP contribution in [0.1, 0.15) is 43.7 Å². The minimum Gasteiger partial charge on any atom is -0.449 e. The van der Waals surface area contributed by atoms with Gasteiger partial charge in [-0.3, -0.25) is 4.79 Å². The summed E-state index contributed by atoms with van der Waals surface area (Å²) >= 11 is 6.35. The highest BCUT2D eigenvalue weighted by Crippen LogP contribution is 2.25. The molecular weight excluding hydrogens is 380 g/mol. The van der Waals surface area contributed by atoms with Crippen molar-refractivity contribution in [3.05, 3.63) is 46.7 Å². The molecular formula is C20H23ClN4O3. The van der Waals surface area contributed by atoms with Gasteiger partial charge in [0.1, 0.15) is 16.3 Å². The summed E-state index contributed by atoms with van der Waals surface area (Å²) in [6, 6.07) is 11.2. The maximum absolute atomic E-state index is 12.6. The summed E-state index contributed by atoms with van der Waals surface area (Å²) in [7, 11) is 0. The highest BCUT2D eigenvalue weighted by molar-refractivity contribution is 6.33. The molecule has 2 rings (SSSR count). The van der Waals surface area contributed by atoms with Gasteiger partial charge in [-0.15, -0.1) is 0 Å². The average Bonchev–Trinajstić information content (AvgIpc) is 2.96. The molecule has 1 amide bonds. The Hall–Kier alpha value is -2.85. The van der Waals surface area contributed by atoms with Gasteiger partial charge < -0.3 is 10.1 Å². The van der Waals surface area contributed by atoms with E-state index in [1.807, 2.05) is 32.0 Å². The van der Waals surface area contributed by atoms with Gasteiger partial charge in [0, 0.05) is 0 Å². The largest absolute Gasteiger partial charge is 0.449 e. The number of rotatable bonds is 6. The number of hydrogen-bond donors (Lipinski definition) is 1. The smallest absolute Gasteiger partial charge is 0.344 e. The van der Waals surface area contributed by atoms with Gasteiger partial charge in [-0.1, -0.05) is 43.6 Å². The average molecular weight is 403 g/mol. The maximum atomic E-state index is 12.6. The molecule has 2 aromatic rings. The lowest BCUT2D eigenvalue weighted by atomic mass is 9.90. The molecule has 1 aromatic heterocycles. The molecule has 28 heavy (non-hydrogen) atoms. The maximum Gasteiger partial charge on any atom is 0.344 e. The summed E-state index contributed by atoms with van der Waals surface area (Å²) in [4.78, 5) is 25.0. The van der Waals surface area contributed by atoms with Crippen LogP contribution in [0.25, 0.3) is 5.69 Å². The summed E-state index contributed by atoms with van der Waals surface area (Å²) in [5.74, 6) is -1.43. The molecule has 7 nitrogen and oxygen atoms in total.